The molecule has 8 heavy (non-hydrogen) atoms. The smallest absolute Gasteiger partial charge is 0.168 e. The second-order valence-corrected chi connectivity index (χ2v) is 1.14. The highest BCUT2D eigenvalue weighted by atomic mass is 79.9. The summed E-state index contributed by atoms with van der Waals surface area (Å²) in [5.41, 5.74) is 5.14. The van der Waals surface area contributed by atoms with E-state index in [1.165, 1.54) is 0 Å². The van der Waals surface area contributed by atoms with E-state index < -0.39 is 0 Å². The second-order valence-electron chi connectivity index (χ2n) is 1.14. The molecule has 0 aliphatic heterocycles. The summed E-state index contributed by atoms with van der Waals surface area (Å²) in [6.07, 6.45) is -0.236. The molecular formula is C4H12BrNO2. The molecule has 0 saturated heterocycles. The lowest BCUT2D eigenvalue weighted by Crippen LogP contribution is -2.23. The summed E-state index contributed by atoms with van der Waals surface area (Å²) >= 11 is 0. The minimum absolute atomic E-state index is 0. The molecule has 0 amide bonds. The first-order valence-corrected chi connectivity index (χ1v) is 2.10. The summed E-state index contributed by atoms with van der Waals surface area (Å²) in [4.78, 5) is 0. The van der Waals surface area contributed by atoms with Gasteiger partial charge in [0.2, 0.25) is 0 Å². The van der Waals surface area contributed by atoms with Gasteiger partial charge in [-0.3, -0.25) is 0 Å². The van der Waals surface area contributed by atoms with Crippen LogP contribution in [0.15, 0.2) is 0 Å². The van der Waals surface area contributed by atoms with Crippen molar-refractivity contribution in [1.82, 2.24) is 0 Å². The van der Waals surface area contributed by atoms with Crippen LogP contribution >= 0.6 is 17.0 Å². The van der Waals surface area contributed by atoms with Crippen molar-refractivity contribution in [2.45, 2.75) is 6.29 Å². The Morgan fingerprint density at radius 3 is 1.75 bits per heavy atom. The fourth-order valence-corrected chi connectivity index (χ4v) is 0.289. The standard InChI is InChI=1S/C4H11NO2.BrH/c1-6-4(3-5)7-2;/h4H,3,5H2,1-2H3;1H. The highest BCUT2D eigenvalue weighted by Crippen LogP contribution is 1.83. The number of ether oxygens (including phenoxy) is 2. The number of nitrogens with two attached hydrogens (primary N) is 1. The number of rotatable bonds is 3. The van der Waals surface area contributed by atoms with Crippen molar-refractivity contribution >= 4 is 17.0 Å². The molecule has 0 saturated carbocycles. The molecule has 0 spiro atoms. The average Bonchev–Trinajstić information content (AvgIpc) is 1.72. The van der Waals surface area contributed by atoms with Crippen LogP contribution in [0.5, 0.6) is 0 Å². The van der Waals surface area contributed by atoms with E-state index in [0.717, 1.165) is 0 Å². The normalized spacial score (nSPS) is 9.00. The van der Waals surface area contributed by atoms with Crippen LogP contribution in [0.3, 0.4) is 0 Å². The molecule has 0 radical (unpaired) electrons. The van der Waals surface area contributed by atoms with Crippen LogP contribution in [0.25, 0.3) is 0 Å². The minimum atomic E-state index is -0.236. The number of methoxy groups -OCH3 is 2. The predicted molar refractivity (Wildman–Crippen MR) is 37.2 cm³/mol. The van der Waals surface area contributed by atoms with E-state index in [2.05, 4.69) is 0 Å². The van der Waals surface area contributed by atoms with Crippen molar-refractivity contribution in [2.24, 2.45) is 5.73 Å². The SMILES string of the molecule is Br.COC(CN)OC. The molecule has 0 aliphatic carbocycles. The minimum Gasteiger partial charge on any atom is -0.355 e. The van der Waals surface area contributed by atoms with E-state index in [9.17, 15) is 0 Å². The van der Waals surface area contributed by atoms with Crippen molar-refractivity contribution < 1.29 is 9.47 Å². The van der Waals surface area contributed by atoms with Crippen LogP contribution in [0.2, 0.25) is 0 Å². The van der Waals surface area contributed by atoms with Crippen molar-refractivity contribution in [1.29, 1.82) is 0 Å². The summed E-state index contributed by atoms with van der Waals surface area (Å²) in [5.74, 6) is 0. The molecule has 0 atom stereocenters. The second kappa shape index (κ2) is 7.36. The van der Waals surface area contributed by atoms with Gasteiger partial charge in [-0.1, -0.05) is 0 Å². The molecule has 0 aliphatic rings. The molecule has 0 rings (SSSR count). The van der Waals surface area contributed by atoms with E-state index in [-0.39, 0.29) is 23.3 Å². The predicted octanol–water partition coefficient (Wildman–Crippen LogP) is 0.142. The molecule has 52 valence electrons. The largest absolute Gasteiger partial charge is 0.355 e. The zero-order chi connectivity index (χ0) is 5.70. The maximum absolute atomic E-state index is 5.14. The Morgan fingerprint density at radius 1 is 1.38 bits per heavy atom. The zero-order valence-electron chi connectivity index (χ0n) is 5.09. The summed E-state index contributed by atoms with van der Waals surface area (Å²) in [7, 11) is 3.11. The van der Waals surface area contributed by atoms with Gasteiger partial charge < -0.3 is 15.2 Å². The van der Waals surface area contributed by atoms with Gasteiger partial charge in [0, 0.05) is 20.8 Å². The Morgan fingerprint density at radius 2 is 1.75 bits per heavy atom. The van der Waals surface area contributed by atoms with Gasteiger partial charge in [0.25, 0.3) is 0 Å². The van der Waals surface area contributed by atoms with Gasteiger partial charge in [-0.05, 0) is 0 Å². The Labute approximate surface area is 59.9 Å². The lowest BCUT2D eigenvalue weighted by molar-refractivity contribution is -0.0940. The maximum atomic E-state index is 5.14. The van der Waals surface area contributed by atoms with Crippen LogP contribution in [0, 0.1) is 0 Å². The highest BCUT2D eigenvalue weighted by molar-refractivity contribution is 8.93. The van der Waals surface area contributed by atoms with Gasteiger partial charge in [0.05, 0.1) is 0 Å². The molecule has 0 aromatic carbocycles. The van der Waals surface area contributed by atoms with E-state index in [4.69, 9.17) is 15.2 Å². The molecule has 0 fully saturated rings. The van der Waals surface area contributed by atoms with Gasteiger partial charge in [0.1, 0.15) is 0 Å². The third-order valence-electron chi connectivity index (χ3n) is 0.718. The van der Waals surface area contributed by atoms with Crippen molar-refractivity contribution in [3.05, 3.63) is 0 Å². The number of hydrogen-bond acceptors (Lipinski definition) is 3. The van der Waals surface area contributed by atoms with Gasteiger partial charge in [-0.2, -0.15) is 0 Å². The van der Waals surface area contributed by atoms with Crippen molar-refractivity contribution in [3.8, 4) is 0 Å². The van der Waals surface area contributed by atoms with Gasteiger partial charge in [-0.25, -0.2) is 0 Å². The molecule has 0 aromatic heterocycles. The van der Waals surface area contributed by atoms with Crippen molar-refractivity contribution in [2.75, 3.05) is 20.8 Å². The third-order valence-corrected chi connectivity index (χ3v) is 0.718. The van der Waals surface area contributed by atoms with Crippen LogP contribution in [0.1, 0.15) is 0 Å². The maximum Gasteiger partial charge on any atom is 0.168 e. The van der Waals surface area contributed by atoms with Crippen LogP contribution < -0.4 is 5.73 Å². The number of hydrogen-bond donors (Lipinski definition) is 1. The molecule has 0 unspecified atom stereocenters. The first-order chi connectivity index (χ1) is 3.35. The molecule has 4 heteroatoms. The van der Waals surface area contributed by atoms with Crippen molar-refractivity contribution in [3.63, 3.8) is 0 Å². The lowest BCUT2D eigenvalue weighted by atomic mass is 10.6. The molecule has 0 aromatic rings. The summed E-state index contributed by atoms with van der Waals surface area (Å²) < 4.78 is 9.40. The zero-order valence-corrected chi connectivity index (χ0v) is 6.80. The van der Waals surface area contributed by atoms with E-state index >= 15 is 0 Å². The molecule has 3 nitrogen and oxygen atoms in total. The monoisotopic (exact) mass is 185 g/mol. The highest BCUT2D eigenvalue weighted by Gasteiger charge is 1.96. The Hall–Kier alpha value is 0.360. The van der Waals surface area contributed by atoms with Crippen LogP contribution in [0.4, 0.5) is 0 Å². The first-order valence-electron chi connectivity index (χ1n) is 2.10. The summed E-state index contributed by atoms with van der Waals surface area (Å²) in [6.45, 7) is 0.410. The molecular weight excluding hydrogens is 174 g/mol. The third kappa shape index (κ3) is 4.52. The molecule has 2 N–H and O–H groups in total. The Balaban J connectivity index is 0. The molecule has 0 bridgehead atoms. The van der Waals surface area contributed by atoms with Crippen LogP contribution in [-0.2, 0) is 9.47 Å². The van der Waals surface area contributed by atoms with E-state index in [1.54, 1.807) is 14.2 Å². The van der Waals surface area contributed by atoms with Gasteiger partial charge in [-0.15, -0.1) is 17.0 Å². The van der Waals surface area contributed by atoms with E-state index in [1.807, 2.05) is 0 Å². The van der Waals surface area contributed by atoms with E-state index in [0.29, 0.717) is 6.54 Å². The van der Waals surface area contributed by atoms with Gasteiger partial charge in [0.15, 0.2) is 6.29 Å². The Bertz CT molecular complexity index is 35.5. The van der Waals surface area contributed by atoms with Crippen LogP contribution in [-0.4, -0.2) is 27.1 Å². The summed E-state index contributed by atoms with van der Waals surface area (Å²) in [5, 5.41) is 0. The Kier molecular flexibility index (Phi) is 10.3. The quantitative estimate of drug-likeness (QED) is 0.637. The topological polar surface area (TPSA) is 44.5 Å². The fraction of sp³-hybridized carbons (Fsp3) is 1.00. The molecule has 0 heterocycles. The lowest BCUT2D eigenvalue weighted by Gasteiger charge is -2.08. The summed E-state index contributed by atoms with van der Waals surface area (Å²) in [6, 6.07) is 0. The first kappa shape index (κ1) is 11.2. The van der Waals surface area contributed by atoms with Gasteiger partial charge >= 0.3 is 0 Å². The number of halogens is 1. The fourth-order valence-electron chi connectivity index (χ4n) is 0.289. The average molecular weight is 186 g/mol.